The smallest absolute Gasteiger partial charge is 0.244 e. The van der Waals surface area contributed by atoms with Gasteiger partial charge in [0, 0.05) is 18.5 Å². The first-order valence-corrected chi connectivity index (χ1v) is 7.26. The molecule has 0 spiro atoms. The highest BCUT2D eigenvalue weighted by Crippen LogP contribution is 2.40. The average Bonchev–Trinajstić information content (AvgIpc) is 3.37. The summed E-state index contributed by atoms with van der Waals surface area (Å²) in [5, 5.41) is 3.12. The fourth-order valence-corrected chi connectivity index (χ4v) is 2.41. The fraction of sp³-hybridized carbons (Fsp3) is 0.222. The molecule has 0 bridgehead atoms. The summed E-state index contributed by atoms with van der Waals surface area (Å²) in [7, 11) is 0. The molecule has 106 valence electrons. The molecule has 1 aliphatic carbocycles. The average molecular weight is 278 g/mol. The number of carbonyl (C=O) groups excluding carboxylic acids is 1. The van der Waals surface area contributed by atoms with Crippen molar-refractivity contribution >= 4 is 12.0 Å². The number of hydrogen-bond acceptors (Lipinski definition) is 2. The maximum atomic E-state index is 12.1. The lowest BCUT2D eigenvalue weighted by Gasteiger charge is -2.17. The highest BCUT2D eigenvalue weighted by molar-refractivity contribution is 5.92. The predicted octanol–water partition coefficient (Wildman–Crippen LogP) is 3.36. The van der Waals surface area contributed by atoms with Crippen LogP contribution in [0.3, 0.4) is 0 Å². The Morgan fingerprint density at radius 3 is 2.52 bits per heavy atom. The van der Waals surface area contributed by atoms with Crippen LogP contribution in [0.1, 0.15) is 30.0 Å². The first-order chi connectivity index (χ1) is 10.3. The lowest BCUT2D eigenvalue weighted by Crippen LogP contribution is -2.28. The minimum atomic E-state index is -0.0486. The van der Waals surface area contributed by atoms with Crippen molar-refractivity contribution in [3.8, 4) is 0 Å². The van der Waals surface area contributed by atoms with Gasteiger partial charge in [0.1, 0.15) is 0 Å². The summed E-state index contributed by atoms with van der Waals surface area (Å²) in [6.07, 6.45) is 9.21. The van der Waals surface area contributed by atoms with Crippen LogP contribution >= 0.6 is 0 Å². The second kappa shape index (κ2) is 6.35. The summed E-state index contributed by atoms with van der Waals surface area (Å²) in [6.45, 7) is 0. The third-order valence-electron chi connectivity index (χ3n) is 3.68. The van der Waals surface area contributed by atoms with Gasteiger partial charge >= 0.3 is 0 Å². The molecule has 1 N–H and O–H groups in total. The highest BCUT2D eigenvalue weighted by Gasteiger charge is 2.32. The molecule has 0 saturated heterocycles. The molecule has 1 amide bonds. The van der Waals surface area contributed by atoms with Gasteiger partial charge in [0.25, 0.3) is 0 Å². The lowest BCUT2D eigenvalue weighted by molar-refractivity contribution is -0.117. The van der Waals surface area contributed by atoms with Crippen LogP contribution in [0.5, 0.6) is 0 Å². The maximum absolute atomic E-state index is 12.1. The number of nitrogens with zero attached hydrogens (tertiary/aromatic N) is 1. The topological polar surface area (TPSA) is 42.0 Å². The standard InChI is InChI=1S/C18H18N2O/c21-17(9-6-14-10-12-19-13-11-14)20-18(16-7-8-16)15-4-2-1-3-5-15/h1-6,9-13,16,18H,7-8H2,(H,20,21). The van der Waals surface area contributed by atoms with Gasteiger partial charge in [-0.25, -0.2) is 0 Å². The molecule has 1 unspecified atom stereocenters. The lowest BCUT2D eigenvalue weighted by atomic mass is 10.0. The van der Waals surface area contributed by atoms with Crippen molar-refractivity contribution in [1.82, 2.24) is 10.3 Å². The Morgan fingerprint density at radius 1 is 1.14 bits per heavy atom. The summed E-state index contributed by atoms with van der Waals surface area (Å²) < 4.78 is 0. The van der Waals surface area contributed by atoms with Gasteiger partial charge in [-0.3, -0.25) is 9.78 Å². The SMILES string of the molecule is O=C(C=Cc1ccncc1)NC(c1ccccc1)C1CC1. The van der Waals surface area contributed by atoms with Crippen molar-refractivity contribution < 1.29 is 4.79 Å². The molecular weight excluding hydrogens is 260 g/mol. The molecule has 0 radical (unpaired) electrons. The zero-order valence-electron chi connectivity index (χ0n) is 11.8. The summed E-state index contributed by atoms with van der Waals surface area (Å²) in [4.78, 5) is 16.1. The van der Waals surface area contributed by atoms with Crippen LogP contribution in [0, 0.1) is 5.92 Å². The quantitative estimate of drug-likeness (QED) is 0.852. The minimum Gasteiger partial charge on any atom is -0.345 e. The summed E-state index contributed by atoms with van der Waals surface area (Å²) in [6, 6.07) is 14.1. The van der Waals surface area contributed by atoms with E-state index in [1.807, 2.05) is 36.4 Å². The number of nitrogens with one attached hydrogen (secondary N) is 1. The van der Waals surface area contributed by atoms with Gasteiger partial charge in [0.05, 0.1) is 6.04 Å². The van der Waals surface area contributed by atoms with Crippen LogP contribution in [-0.4, -0.2) is 10.9 Å². The Bertz CT molecular complexity index is 618. The molecule has 1 aromatic carbocycles. The number of hydrogen-bond donors (Lipinski definition) is 1. The number of carbonyl (C=O) groups is 1. The molecule has 3 heteroatoms. The van der Waals surface area contributed by atoms with Crippen molar-refractivity contribution in [2.45, 2.75) is 18.9 Å². The van der Waals surface area contributed by atoms with Crippen LogP contribution in [0.15, 0.2) is 60.9 Å². The third-order valence-corrected chi connectivity index (χ3v) is 3.68. The predicted molar refractivity (Wildman–Crippen MR) is 83.3 cm³/mol. The van der Waals surface area contributed by atoms with Crippen LogP contribution in [0.2, 0.25) is 0 Å². The Kier molecular flexibility index (Phi) is 4.10. The first-order valence-electron chi connectivity index (χ1n) is 7.26. The molecule has 1 fully saturated rings. The van der Waals surface area contributed by atoms with Gasteiger partial charge in [-0.05, 0) is 48.1 Å². The maximum Gasteiger partial charge on any atom is 0.244 e. The van der Waals surface area contributed by atoms with E-state index < -0.39 is 0 Å². The highest BCUT2D eigenvalue weighted by atomic mass is 16.1. The summed E-state index contributed by atoms with van der Waals surface area (Å²) in [5.74, 6) is 0.526. The number of pyridine rings is 1. The van der Waals surface area contributed by atoms with Gasteiger partial charge in [-0.1, -0.05) is 30.3 Å². The van der Waals surface area contributed by atoms with Crippen molar-refractivity contribution in [2.24, 2.45) is 5.92 Å². The Morgan fingerprint density at radius 2 is 1.86 bits per heavy atom. The molecule has 3 rings (SSSR count). The summed E-state index contributed by atoms with van der Waals surface area (Å²) >= 11 is 0. The first kappa shape index (κ1) is 13.6. The monoisotopic (exact) mass is 278 g/mol. The summed E-state index contributed by atoms with van der Waals surface area (Å²) in [5.41, 5.74) is 2.16. The molecule has 1 aliphatic rings. The van der Waals surface area contributed by atoms with Crippen LogP contribution < -0.4 is 5.32 Å². The third kappa shape index (κ3) is 3.78. The second-order valence-electron chi connectivity index (χ2n) is 5.35. The molecule has 1 heterocycles. The van der Waals surface area contributed by atoms with E-state index in [2.05, 4.69) is 22.4 Å². The van der Waals surface area contributed by atoms with Crippen LogP contribution in [0.25, 0.3) is 6.08 Å². The van der Waals surface area contributed by atoms with E-state index in [0.717, 1.165) is 5.56 Å². The number of amides is 1. The number of rotatable bonds is 5. The fourth-order valence-electron chi connectivity index (χ4n) is 2.41. The molecule has 0 aliphatic heterocycles. The normalized spacial score (nSPS) is 15.8. The van der Waals surface area contributed by atoms with Gasteiger partial charge < -0.3 is 5.32 Å². The Balaban J connectivity index is 1.66. The van der Waals surface area contributed by atoms with E-state index in [0.29, 0.717) is 5.92 Å². The van der Waals surface area contributed by atoms with Gasteiger partial charge in [-0.2, -0.15) is 0 Å². The van der Waals surface area contributed by atoms with Gasteiger partial charge in [-0.15, -0.1) is 0 Å². The molecule has 1 saturated carbocycles. The molecule has 2 aromatic rings. The Hall–Kier alpha value is -2.42. The van der Waals surface area contributed by atoms with E-state index in [1.54, 1.807) is 18.5 Å². The van der Waals surface area contributed by atoms with Crippen molar-refractivity contribution in [1.29, 1.82) is 0 Å². The van der Waals surface area contributed by atoms with E-state index >= 15 is 0 Å². The van der Waals surface area contributed by atoms with Crippen molar-refractivity contribution in [3.63, 3.8) is 0 Å². The molecule has 1 aromatic heterocycles. The molecular formula is C18H18N2O. The van der Waals surface area contributed by atoms with E-state index in [1.165, 1.54) is 18.4 Å². The second-order valence-corrected chi connectivity index (χ2v) is 5.35. The van der Waals surface area contributed by atoms with Gasteiger partial charge in [0.15, 0.2) is 0 Å². The largest absolute Gasteiger partial charge is 0.345 e. The zero-order chi connectivity index (χ0) is 14.5. The molecule has 3 nitrogen and oxygen atoms in total. The van der Waals surface area contributed by atoms with E-state index in [4.69, 9.17) is 0 Å². The van der Waals surface area contributed by atoms with Gasteiger partial charge in [0.2, 0.25) is 5.91 Å². The number of aromatic nitrogens is 1. The van der Waals surface area contributed by atoms with Crippen LogP contribution in [0.4, 0.5) is 0 Å². The zero-order valence-corrected chi connectivity index (χ0v) is 11.8. The van der Waals surface area contributed by atoms with Crippen LogP contribution in [-0.2, 0) is 4.79 Å². The van der Waals surface area contributed by atoms with E-state index in [-0.39, 0.29) is 11.9 Å². The number of benzene rings is 1. The van der Waals surface area contributed by atoms with E-state index in [9.17, 15) is 4.79 Å². The van der Waals surface area contributed by atoms with Crippen molar-refractivity contribution in [2.75, 3.05) is 0 Å². The van der Waals surface area contributed by atoms with Crippen molar-refractivity contribution in [3.05, 3.63) is 72.1 Å². The molecule has 1 atom stereocenters. The molecule has 21 heavy (non-hydrogen) atoms. The Labute approximate surface area is 124 Å². The minimum absolute atomic E-state index is 0.0486.